The van der Waals surface area contributed by atoms with Gasteiger partial charge in [-0.1, -0.05) is 12.1 Å². The van der Waals surface area contributed by atoms with Crippen LogP contribution in [-0.4, -0.2) is 29.0 Å². The van der Waals surface area contributed by atoms with E-state index in [1.165, 1.54) is 12.1 Å². The fourth-order valence-corrected chi connectivity index (χ4v) is 3.00. The maximum atomic E-state index is 12.3. The highest BCUT2D eigenvalue weighted by Crippen LogP contribution is 2.39. The first kappa shape index (κ1) is 13.6. The third kappa shape index (κ3) is 2.87. The Morgan fingerprint density at radius 3 is 2.40 bits per heavy atom. The average Bonchev–Trinajstić information content (AvgIpc) is 3.12. The second-order valence-corrected chi connectivity index (χ2v) is 6.11. The Hall–Kier alpha value is -1.37. The lowest BCUT2D eigenvalue weighted by Crippen LogP contribution is -2.37. The lowest BCUT2D eigenvalue weighted by molar-refractivity contribution is -0.0328. The van der Waals surface area contributed by atoms with Crippen LogP contribution in [0.5, 0.6) is 0 Å². The molecule has 0 saturated heterocycles. The summed E-state index contributed by atoms with van der Waals surface area (Å²) in [4.78, 5) is 6.54. The number of nitrogens with two attached hydrogens (primary N) is 1. The van der Waals surface area contributed by atoms with Crippen molar-refractivity contribution in [3.05, 3.63) is 29.8 Å². The van der Waals surface area contributed by atoms with E-state index in [1.54, 1.807) is 12.1 Å². The summed E-state index contributed by atoms with van der Waals surface area (Å²) in [6.07, 6.45) is 2.21. The predicted octanol–water partition coefficient (Wildman–Crippen LogP) is 3.13. The van der Waals surface area contributed by atoms with Gasteiger partial charge in [0.25, 0.3) is 0 Å². The fourth-order valence-electron chi connectivity index (χ4n) is 2.46. The van der Waals surface area contributed by atoms with Crippen LogP contribution >= 0.6 is 11.8 Å². The molecule has 0 radical (unpaired) electrons. The predicted molar refractivity (Wildman–Crippen MR) is 72.4 cm³/mol. The Morgan fingerprint density at radius 1 is 1.20 bits per heavy atom. The SMILES string of the molecule is NC1=NCC(c2ccc(SC(F)(F)F)cc2)N1C1CC1. The van der Waals surface area contributed by atoms with Gasteiger partial charge in [0.1, 0.15) is 0 Å². The molecule has 1 atom stereocenters. The zero-order valence-electron chi connectivity index (χ0n) is 10.6. The van der Waals surface area contributed by atoms with Gasteiger partial charge in [-0.15, -0.1) is 0 Å². The van der Waals surface area contributed by atoms with Crippen molar-refractivity contribution in [1.29, 1.82) is 0 Å². The first-order valence-corrected chi connectivity index (χ1v) is 7.19. The first-order valence-electron chi connectivity index (χ1n) is 6.38. The van der Waals surface area contributed by atoms with Crippen molar-refractivity contribution in [2.75, 3.05) is 6.54 Å². The van der Waals surface area contributed by atoms with Gasteiger partial charge in [0, 0.05) is 10.9 Å². The Bertz CT molecular complexity index is 523. The molecule has 0 bridgehead atoms. The van der Waals surface area contributed by atoms with E-state index < -0.39 is 5.51 Å². The van der Waals surface area contributed by atoms with Crippen LogP contribution in [0.4, 0.5) is 13.2 Å². The highest BCUT2D eigenvalue weighted by Gasteiger charge is 2.39. The smallest absolute Gasteiger partial charge is 0.370 e. The maximum Gasteiger partial charge on any atom is 0.446 e. The zero-order chi connectivity index (χ0) is 14.3. The van der Waals surface area contributed by atoms with Gasteiger partial charge in [0.05, 0.1) is 12.6 Å². The molecule has 1 aliphatic heterocycles. The molecule has 0 aromatic heterocycles. The van der Waals surface area contributed by atoms with Crippen molar-refractivity contribution < 1.29 is 13.2 Å². The lowest BCUT2D eigenvalue weighted by Gasteiger charge is -2.26. The Morgan fingerprint density at radius 2 is 1.85 bits per heavy atom. The van der Waals surface area contributed by atoms with Crippen molar-refractivity contribution in [2.24, 2.45) is 10.7 Å². The summed E-state index contributed by atoms with van der Waals surface area (Å²) in [5.41, 5.74) is 2.60. The topological polar surface area (TPSA) is 41.6 Å². The van der Waals surface area contributed by atoms with E-state index in [0.29, 0.717) is 18.5 Å². The van der Waals surface area contributed by atoms with Crippen molar-refractivity contribution in [2.45, 2.75) is 35.3 Å². The van der Waals surface area contributed by atoms with Gasteiger partial charge in [0.2, 0.25) is 0 Å². The van der Waals surface area contributed by atoms with Crippen molar-refractivity contribution >= 4 is 17.7 Å². The number of nitrogens with zero attached hydrogens (tertiary/aromatic N) is 2. The van der Waals surface area contributed by atoms with Gasteiger partial charge in [-0.05, 0) is 42.3 Å². The average molecular weight is 301 g/mol. The summed E-state index contributed by atoms with van der Waals surface area (Å²) in [6, 6.07) is 6.99. The summed E-state index contributed by atoms with van der Waals surface area (Å²) in [5.74, 6) is 0.547. The van der Waals surface area contributed by atoms with E-state index in [9.17, 15) is 13.2 Å². The molecule has 2 aliphatic rings. The van der Waals surface area contributed by atoms with Gasteiger partial charge < -0.3 is 10.6 Å². The lowest BCUT2D eigenvalue weighted by atomic mass is 10.1. The summed E-state index contributed by atoms with van der Waals surface area (Å²) in [5, 5.41) is 0. The molecular weight excluding hydrogens is 287 g/mol. The highest BCUT2D eigenvalue weighted by molar-refractivity contribution is 8.00. The van der Waals surface area contributed by atoms with E-state index in [2.05, 4.69) is 9.89 Å². The number of thioether (sulfide) groups is 1. The molecule has 1 unspecified atom stereocenters. The molecule has 7 heteroatoms. The molecule has 3 nitrogen and oxygen atoms in total. The van der Waals surface area contributed by atoms with E-state index in [4.69, 9.17) is 5.73 Å². The number of aliphatic imine (C=N–C) groups is 1. The van der Waals surface area contributed by atoms with E-state index >= 15 is 0 Å². The highest BCUT2D eigenvalue weighted by atomic mass is 32.2. The number of hydrogen-bond acceptors (Lipinski definition) is 4. The third-order valence-corrected chi connectivity index (χ3v) is 4.20. The Balaban J connectivity index is 1.75. The zero-order valence-corrected chi connectivity index (χ0v) is 11.4. The van der Waals surface area contributed by atoms with E-state index in [1.807, 2.05) is 0 Å². The molecule has 1 aromatic rings. The molecule has 1 fully saturated rings. The number of guanidine groups is 1. The van der Waals surface area contributed by atoms with Crippen LogP contribution in [0, 0.1) is 0 Å². The summed E-state index contributed by atoms with van der Waals surface area (Å²) >= 11 is -0.0950. The summed E-state index contributed by atoms with van der Waals surface area (Å²) < 4.78 is 36.9. The van der Waals surface area contributed by atoms with Crippen LogP contribution in [0.15, 0.2) is 34.2 Å². The molecule has 1 saturated carbocycles. The van der Waals surface area contributed by atoms with Crippen LogP contribution in [0.2, 0.25) is 0 Å². The molecule has 2 N–H and O–H groups in total. The number of halogens is 3. The second kappa shape index (κ2) is 4.87. The van der Waals surface area contributed by atoms with Gasteiger partial charge in [-0.2, -0.15) is 13.2 Å². The van der Waals surface area contributed by atoms with Crippen molar-refractivity contribution in [3.8, 4) is 0 Å². The quantitative estimate of drug-likeness (QED) is 0.872. The molecule has 1 heterocycles. The van der Waals surface area contributed by atoms with Gasteiger partial charge in [-0.25, -0.2) is 0 Å². The molecular formula is C13H14F3N3S. The standard InChI is InChI=1S/C13H14F3N3S/c14-13(15,16)20-10-5-1-8(2-6-10)11-7-18-12(17)19(11)9-3-4-9/h1-2,5-6,9,11H,3-4,7H2,(H2,17,18). The summed E-state index contributed by atoms with van der Waals surface area (Å²) in [7, 11) is 0. The van der Waals surface area contributed by atoms with Crippen molar-refractivity contribution in [1.82, 2.24) is 4.90 Å². The maximum absolute atomic E-state index is 12.3. The first-order chi connectivity index (χ1) is 9.44. The normalized spacial score (nSPS) is 23.1. The minimum atomic E-state index is -4.25. The summed E-state index contributed by atoms with van der Waals surface area (Å²) in [6.45, 7) is 0.577. The van der Waals surface area contributed by atoms with Gasteiger partial charge in [0.15, 0.2) is 5.96 Å². The number of alkyl halides is 3. The monoisotopic (exact) mass is 301 g/mol. The third-order valence-electron chi connectivity index (χ3n) is 3.47. The number of benzene rings is 1. The molecule has 3 rings (SSSR count). The number of hydrogen-bond donors (Lipinski definition) is 1. The van der Waals surface area contributed by atoms with E-state index in [0.717, 1.165) is 18.4 Å². The van der Waals surface area contributed by atoms with Crippen LogP contribution in [-0.2, 0) is 0 Å². The Labute approximate surface area is 119 Å². The van der Waals surface area contributed by atoms with Crippen molar-refractivity contribution in [3.63, 3.8) is 0 Å². The Kier molecular flexibility index (Phi) is 3.32. The molecule has 0 amide bonds. The van der Waals surface area contributed by atoms with Gasteiger partial charge in [-0.3, -0.25) is 4.99 Å². The number of rotatable bonds is 3. The molecule has 108 valence electrons. The molecule has 0 spiro atoms. The minimum Gasteiger partial charge on any atom is -0.370 e. The van der Waals surface area contributed by atoms with Crippen LogP contribution < -0.4 is 5.73 Å². The minimum absolute atomic E-state index is 0.0624. The van der Waals surface area contributed by atoms with Crippen LogP contribution in [0.25, 0.3) is 0 Å². The molecule has 1 aromatic carbocycles. The van der Waals surface area contributed by atoms with E-state index in [-0.39, 0.29) is 22.7 Å². The van der Waals surface area contributed by atoms with Crippen LogP contribution in [0.1, 0.15) is 24.4 Å². The van der Waals surface area contributed by atoms with Crippen LogP contribution in [0.3, 0.4) is 0 Å². The van der Waals surface area contributed by atoms with Gasteiger partial charge >= 0.3 is 5.51 Å². The fraction of sp³-hybridized carbons (Fsp3) is 0.462. The molecule has 1 aliphatic carbocycles. The second-order valence-electron chi connectivity index (χ2n) is 4.97. The molecule has 20 heavy (non-hydrogen) atoms. The largest absolute Gasteiger partial charge is 0.446 e.